The number of hydrogen-bond acceptors (Lipinski definition) is 2. The van der Waals surface area contributed by atoms with Gasteiger partial charge in [0.05, 0.1) is 11.8 Å². The van der Waals surface area contributed by atoms with Crippen LogP contribution in [0.15, 0.2) is 54.8 Å². The van der Waals surface area contributed by atoms with Crippen molar-refractivity contribution in [2.45, 2.75) is 51.6 Å². The molecule has 0 aliphatic heterocycles. The maximum atomic E-state index is 14.6. The number of benzene rings is 2. The van der Waals surface area contributed by atoms with Gasteiger partial charge >= 0.3 is 6.11 Å². The predicted octanol–water partition coefficient (Wildman–Crippen LogP) is 8.23. The Balaban J connectivity index is 1.70. The highest BCUT2D eigenvalue weighted by Gasteiger charge is 2.35. The molecule has 0 radical (unpaired) electrons. The van der Waals surface area contributed by atoms with E-state index in [1.165, 1.54) is 18.6 Å². The first-order valence-corrected chi connectivity index (χ1v) is 10.7. The zero-order chi connectivity index (χ0) is 24.0. The first kappa shape index (κ1) is 24.7. The van der Waals surface area contributed by atoms with Crippen LogP contribution in [-0.2, 0) is 6.11 Å². The van der Waals surface area contributed by atoms with Gasteiger partial charge in [-0.1, -0.05) is 38.0 Å². The van der Waals surface area contributed by atoms with Crippen LogP contribution < -0.4 is 9.47 Å². The number of alkyl halides is 4. The summed E-state index contributed by atoms with van der Waals surface area (Å²) in [6.45, 7) is 2.15. The quantitative estimate of drug-likeness (QED) is 0.271. The van der Waals surface area contributed by atoms with E-state index in [1.807, 2.05) is 0 Å². The standard InChI is InChI=1S/C25H24F6O2/c1-2-3-16-4-6-17(7-5-16)18-8-10-19(11-9-18)25(30,31)33-20-14-21(26)24(22(27)15-20)32-13-12-23(28)29/h6,8-16,23H,2-5,7H2,1H3. The normalized spacial score (nSPS) is 16.8. The van der Waals surface area contributed by atoms with Crippen molar-refractivity contribution >= 4 is 5.57 Å². The van der Waals surface area contributed by atoms with Crippen LogP contribution >= 0.6 is 0 Å². The largest absolute Gasteiger partial charge is 0.459 e. The lowest BCUT2D eigenvalue weighted by Crippen LogP contribution is -2.22. The minimum absolute atomic E-state index is 0.272. The molecule has 0 fully saturated rings. The lowest BCUT2D eigenvalue weighted by atomic mass is 9.84. The molecule has 33 heavy (non-hydrogen) atoms. The fourth-order valence-corrected chi connectivity index (χ4v) is 3.78. The lowest BCUT2D eigenvalue weighted by molar-refractivity contribution is -0.185. The summed E-state index contributed by atoms with van der Waals surface area (Å²) in [5, 5.41) is 0. The van der Waals surface area contributed by atoms with Crippen molar-refractivity contribution < 1.29 is 35.8 Å². The van der Waals surface area contributed by atoms with Gasteiger partial charge in [0.2, 0.25) is 0 Å². The Labute approximate surface area is 188 Å². The zero-order valence-electron chi connectivity index (χ0n) is 18.0. The summed E-state index contributed by atoms with van der Waals surface area (Å²) in [7, 11) is 0. The van der Waals surface area contributed by atoms with Gasteiger partial charge in [-0.3, -0.25) is 0 Å². The van der Waals surface area contributed by atoms with Crippen molar-refractivity contribution in [3.05, 3.63) is 77.6 Å². The molecule has 0 saturated carbocycles. The van der Waals surface area contributed by atoms with Gasteiger partial charge in [-0.2, -0.15) is 8.78 Å². The summed E-state index contributed by atoms with van der Waals surface area (Å²) in [6, 6.07) is 6.58. The summed E-state index contributed by atoms with van der Waals surface area (Å²) in [5.41, 5.74) is 1.48. The Kier molecular flexibility index (Phi) is 8.10. The molecule has 0 bridgehead atoms. The second-order valence-corrected chi connectivity index (χ2v) is 7.85. The smallest absolute Gasteiger partial charge is 0.426 e. The molecular formula is C25H24F6O2. The molecule has 0 amide bonds. The molecule has 0 saturated heterocycles. The van der Waals surface area contributed by atoms with E-state index in [2.05, 4.69) is 22.5 Å². The highest BCUT2D eigenvalue weighted by molar-refractivity contribution is 5.66. The molecule has 1 atom stereocenters. The highest BCUT2D eigenvalue weighted by atomic mass is 19.3. The van der Waals surface area contributed by atoms with Gasteiger partial charge in [0.1, 0.15) is 5.75 Å². The Morgan fingerprint density at radius 3 is 2.30 bits per heavy atom. The summed E-state index contributed by atoms with van der Waals surface area (Å²) in [6.07, 6.45) is 1.33. The molecule has 2 aromatic rings. The van der Waals surface area contributed by atoms with Gasteiger partial charge in [0, 0.05) is 18.2 Å². The van der Waals surface area contributed by atoms with Crippen LogP contribution in [0.5, 0.6) is 11.5 Å². The van der Waals surface area contributed by atoms with E-state index < -0.39 is 41.2 Å². The van der Waals surface area contributed by atoms with Gasteiger partial charge in [-0.15, -0.1) is 0 Å². The lowest BCUT2D eigenvalue weighted by Gasteiger charge is -2.22. The Morgan fingerprint density at radius 2 is 1.76 bits per heavy atom. The van der Waals surface area contributed by atoms with E-state index >= 15 is 0 Å². The minimum Gasteiger partial charge on any atom is -0.459 e. The maximum Gasteiger partial charge on any atom is 0.426 e. The number of rotatable bonds is 9. The van der Waals surface area contributed by atoms with Crippen LogP contribution in [0.25, 0.3) is 5.57 Å². The molecule has 1 aliphatic carbocycles. The third-order valence-corrected chi connectivity index (χ3v) is 5.44. The first-order chi connectivity index (χ1) is 15.7. The molecule has 2 aromatic carbocycles. The minimum atomic E-state index is -3.86. The molecule has 0 spiro atoms. The van der Waals surface area contributed by atoms with Crippen molar-refractivity contribution in [2.24, 2.45) is 5.92 Å². The van der Waals surface area contributed by atoms with Crippen LogP contribution in [0, 0.1) is 17.6 Å². The second-order valence-electron chi connectivity index (χ2n) is 7.85. The number of allylic oxidation sites excluding steroid dienone is 3. The summed E-state index contributed by atoms with van der Waals surface area (Å²) in [4.78, 5) is 0. The van der Waals surface area contributed by atoms with E-state index in [9.17, 15) is 26.3 Å². The Bertz CT molecular complexity index is 975. The Morgan fingerprint density at radius 1 is 1.09 bits per heavy atom. The van der Waals surface area contributed by atoms with Crippen molar-refractivity contribution in [3.63, 3.8) is 0 Å². The SMILES string of the molecule is CCCC1CC=C(c2ccc(C(F)(F)Oc3cc(F)c(OC=CC(F)F)c(F)c3)cc2)CC1. The molecular weight excluding hydrogens is 446 g/mol. The summed E-state index contributed by atoms with van der Waals surface area (Å²) >= 11 is 0. The average Bonchev–Trinajstić information content (AvgIpc) is 2.76. The van der Waals surface area contributed by atoms with E-state index in [1.54, 1.807) is 12.1 Å². The topological polar surface area (TPSA) is 18.5 Å². The third-order valence-electron chi connectivity index (χ3n) is 5.44. The fourth-order valence-electron chi connectivity index (χ4n) is 3.78. The first-order valence-electron chi connectivity index (χ1n) is 10.7. The van der Waals surface area contributed by atoms with Crippen molar-refractivity contribution in [2.75, 3.05) is 0 Å². The number of ether oxygens (including phenoxy) is 2. The molecule has 2 nitrogen and oxygen atoms in total. The van der Waals surface area contributed by atoms with Crippen molar-refractivity contribution in [1.82, 2.24) is 0 Å². The highest BCUT2D eigenvalue weighted by Crippen LogP contribution is 2.37. The van der Waals surface area contributed by atoms with E-state index in [4.69, 9.17) is 0 Å². The second kappa shape index (κ2) is 10.8. The monoisotopic (exact) mass is 470 g/mol. The molecule has 8 heteroatoms. The van der Waals surface area contributed by atoms with Crippen LogP contribution in [-0.4, -0.2) is 6.43 Å². The van der Waals surface area contributed by atoms with Crippen LogP contribution in [0.4, 0.5) is 26.3 Å². The third kappa shape index (κ3) is 6.55. The fraction of sp³-hybridized carbons (Fsp3) is 0.360. The summed E-state index contributed by atoms with van der Waals surface area (Å²) < 4.78 is 90.4. The van der Waals surface area contributed by atoms with Crippen LogP contribution in [0.1, 0.15) is 50.2 Å². The van der Waals surface area contributed by atoms with Gasteiger partial charge in [0.25, 0.3) is 6.43 Å². The molecule has 3 rings (SSSR count). The molecule has 0 N–H and O–H groups in total. The summed E-state index contributed by atoms with van der Waals surface area (Å²) in [5.74, 6) is -3.87. The predicted molar refractivity (Wildman–Crippen MR) is 113 cm³/mol. The Hall–Kier alpha value is -2.90. The van der Waals surface area contributed by atoms with Gasteiger partial charge in [-0.05, 0) is 48.4 Å². The number of hydrogen-bond donors (Lipinski definition) is 0. The molecule has 0 aromatic heterocycles. The van der Waals surface area contributed by atoms with Gasteiger partial charge in [0.15, 0.2) is 17.4 Å². The molecule has 178 valence electrons. The van der Waals surface area contributed by atoms with Gasteiger partial charge < -0.3 is 9.47 Å². The number of halogens is 6. The molecule has 1 unspecified atom stereocenters. The van der Waals surface area contributed by atoms with Crippen LogP contribution in [0.3, 0.4) is 0 Å². The van der Waals surface area contributed by atoms with Crippen LogP contribution in [0.2, 0.25) is 0 Å². The van der Waals surface area contributed by atoms with Gasteiger partial charge in [-0.25, -0.2) is 17.6 Å². The van der Waals surface area contributed by atoms with E-state index in [-0.39, 0.29) is 6.08 Å². The van der Waals surface area contributed by atoms with E-state index in [0.29, 0.717) is 24.3 Å². The maximum absolute atomic E-state index is 14.6. The zero-order valence-corrected chi connectivity index (χ0v) is 18.0. The average molecular weight is 470 g/mol. The van der Waals surface area contributed by atoms with Crippen molar-refractivity contribution in [1.29, 1.82) is 0 Å². The van der Waals surface area contributed by atoms with Crippen molar-refractivity contribution in [3.8, 4) is 11.5 Å². The molecule has 1 aliphatic rings. The van der Waals surface area contributed by atoms with E-state index in [0.717, 1.165) is 36.8 Å². The molecule has 0 heterocycles.